The van der Waals surface area contributed by atoms with Gasteiger partial charge < -0.3 is 18.9 Å². The van der Waals surface area contributed by atoms with Gasteiger partial charge in [-0.05, 0) is 64.2 Å². The van der Waals surface area contributed by atoms with Crippen molar-refractivity contribution in [3.8, 4) is 0 Å². The molecule has 0 heterocycles. The van der Waals surface area contributed by atoms with E-state index in [-0.39, 0.29) is 32.0 Å². The second kappa shape index (κ2) is 40.9. The number of rotatable bonds is 44. The van der Waals surface area contributed by atoms with Crippen LogP contribution >= 0.6 is 7.82 Å². The van der Waals surface area contributed by atoms with Crippen LogP contribution in [0.5, 0.6) is 0 Å². The highest BCUT2D eigenvalue weighted by molar-refractivity contribution is 7.47. The first-order chi connectivity index (χ1) is 28.0. The highest BCUT2D eigenvalue weighted by Crippen LogP contribution is 2.43. The van der Waals surface area contributed by atoms with E-state index in [4.69, 9.17) is 18.5 Å². The molecule has 0 aliphatic carbocycles. The molecule has 0 aromatic carbocycles. The molecule has 2 atom stereocenters. The molecule has 0 fully saturated rings. The summed E-state index contributed by atoms with van der Waals surface area (Å²) in [6.07, 6.45) is 45.1. The Morgan fingerprint density at radius 2 is 0.879 bits per heavy atom. The molecule has 9 nitrogen and oxygen atoms in total. The fourth-order valence-corrected chi connectivity index (χ4v) is 7.39. The maximum Gasteiger partial charge on any atom is 0.472 e. The highest BCUT2D eigenvalue weighted by atomic mass is 31.2. The van der Waals surface area contributed by atoms with Crippen molar-refractivity contribution in [1.29, 1.82) is 0 Å². The average Bonchev–Trinajstić information content (AvgIpc) is 3.17. The van der Waals surface area contributed by atoms with Crippen molar-refractivity contribution < 1.29 is 42.1 Å². The van der Waals surface area contributed by atoms with Crippen LogP contribution in [-0.4, -0.2) is 74.9 Å². The summed E-state index contributed by atoms with van der Waals surface area (Å²) in [5.74, 6) is -0.806. The van der Waals surface area contributed by atoms with Gasteiger partial charge in [-0.15, -0.1) is 0 Å². The Labute approximate surface area is 358 Å². The van der Waals surface area contributed by atoms with Crippen molar-refractivity contribution in [2.24, 2.45) is 0 Å². The fraction of sp³-hybridized carbons (Fsp3) is 0.875. The average molecular weight is 843 g/mol. The van der Waals surface area contributed by atoms with E-state index in [1.807, 2.05) is 21.1 Å². The van der Waals surface area contributed by atoms with Crippen LogP contribution in [0.15, 0.2) is 24.3 Å². The molecule has 0 spiro atoms. The van der Waals surface area contributed by atoms with Gasteiger partial charge in [-0.2, -0.15) is 0 Å². The van der Waals surface area contributed by atoms with Gasteiger partial charge in [-0.1, -0.05) is 167 Å². The topological polar surface area (TPSA) is 108 Å². The van der Waals surface area contributed by atoms with Crippen LogP contribution in [-0.2, 0) is 32.7 Å². The number of unbranched alkanes of at least 4 members (excludes halogenated alkanes) is 26. The van der Waals surface area contributed by atoms with E-state index >= 15 is 0 Å². The Bertz CT molecular complexity index is 1040. The van der Waals surface area contributed by atoms with Gasteiger partial charge in [0.2, 0.25) is 0 Å². The monoisotopic (exact) mass is 843 g/mol. The standard InChI is InChI=1S/C48H92NO8P/c1-6-8-10-12-14-16-18-20-22-23-24-25-27-28-30-32-34-36-38-40-47(50)54-44-46(45-56-58(52,53)55-43-42-49(3,4)5)57-48(51)41-39-37-35-33-31-29-26-21-19-17-15-13-11-9-7-2/h21,23-24,26,46H,6-20,22,25,27-45H2,1-5H3/p+1/b24-23-,26-21-/t46-/m1/s1. The van der Waals surface area contributed by atoms with Gasteiger partial charge in [-0.3, -0.25) is 18.6 Å². The number of phosphoric ester groups is 1. The Hall–Kier alpha value is -1.51. The third-order valence-electron chi connectivity index (χ3n) is 10.5. The quantitative estimate of drug-likeness (QED) is 0.0212. The van der Waals surface area contributed by atoms with Crippen LogP contribution < -0.4 is 0 Å². The molecular weight excluding hydrogens is 750 g/mol. The minimum atomic E-state index is -4.38. The number of quaternary nitrogens is 1. The summed E-state index contributed by atoms with van der Waals surface area (Å²) in [4.78, 5) is 35.4. The molecule has 0 radical (unpaired) electrons. The number of hydrogen-bond acceptors (Lipinski definition) is 7. The summed E-state index contributed by atoms with van der Waals surface area (Å²) in [5, 5.41) is 0. The molecule has 0 amide bonds. The molecule has 10 heteroatoms. The van der Waals surface area contributed by atoms with Gasteiger partial charge in [-0.25, -0.2) is 4.57 Å². The van der Waals surface area contributed by atoms with Crippen LogP contribution in [0.3, 0.4) is 0 Å². The zero-order chi connectivity index (χ0) is 42.8. The van der Waals surface area contributed by atoms with Crippen LogP contribution in [0.25, 0.3) is 0 Å². The summed E-state index contributed by atoms with van der Waals surface area (Å²) in [7, 11) is 1.47. The van der Waals surface area contributed by atoms with E-state index in [0.29, 0.717) is 17.4 Å². The highest BCUT2D eigenvalue weighted by Gasteiger charge is 2.27. The van der Waals surface area contributed by atoms with E-state index in [1.165, 1.54) is 135 Å². The smallest absolute Gasteiger partial charge is 0.462 e. The number of nitrogens with zero attached hydrogens (tertiary/aromatic N) is 1. The van der Waals surface area contributed by atoms with Crippen molar-refractivity contribution in [2.75, 3.05) is 47.5 Å². The molecule has 0 saturated heterocycles. The number of likely N-dealkylation sites (N-methyl/N-ethyl adjacent to an activating group) is 1. The Morgan fingerprint density at radius 1 is 0.517 bits per heavy atom. The number of esters is 2. The van der Waals surface area contributed by atoms with Gasteiger partial charge in [0.1, 0.15) is 19.8 Å². The van der Waals surface area contributed by atoms with Crippen LogP contribution in [0.4, 0.5) is 0 Å². The molecule has 58 heavy (non-hydrogen) atoms. The van der Waals surface area contributed by atoms with Gasteiger partial charge >= 0.3 is 19.8 Å². The minimum absolute atomic E-state index is 0.0307. The summed E-state index contributed by atoms with van der Waals surface area (Å²) < 4.78 is 34.4. The zero-order valence-electron chi connectivity index (χ0n) is 38.5. The van der Waals surface area contributed by atoms with E-state index in [9.17, 15) is 19.0 Å². The number of ether oxygens (including phenoxy) is 2. The van der Waals surface area contributed by atoms with E-state index < -0.39 is 26.5 Å². The molecule has 0 bridgehead atoms. The molecule has 0 aromatic rings. The number of allylic oxidation sites excluding steroid dienone is 4. The predicted molar refractivity (Wildman–Crippen MR) is 243 cm³/mol. The van der Waals surface area contributed by atoms with Crippen molar-refractivity contribution in [2.45, 2.75) is 225 Å². The van der Waals surface area contributed by atoms with E-state index in [0.717, 1.165) is 51.4 Å². The lowest BCUT2D eigenvalue weighted by Crippen LogP contribution is -2.37. The van der Waals surface area contributed by atoms with E-state index in [2.05, 4.69) is 38.2 Å². The second-order valence-corrected chi connectivity index (χ2v) is 18.9. The zero-order valence-corrected chi connectivity index (χ0v) is 39.4. The normalized spacial score (nSPS) is 13.7. The maximum absolute atomic E-state index is 12.7. The maximum atomic E-state index is 12.7. The third kappa shape index (κ3) is 44.1. The Balaban J connectivity index is 4.29. The first-order valence-corrected chi connectivity index (χ1v) is 25.6. The second-order valence-electron chi connectivity index (χ2n) is 17.5. The van der Waals surface area contributed by atoms with Crippen LogP contribution in [0, 0.1) is 0 Å². The molecule has 0 aliphatic heterocycles. The summed E-state index contributed by atoms with van der Waals surface area (Å²) >= 11 is 0. The summed E-state index contributed by atoms with van der Waals surface area (Å²) in [5.41, 5.74) is 0. The first kappa shape index (κ1) is 56.5. The molecule has 1 N–H and O–H groups in total. The lowest BCUT2D eigenvalue weighted by atomic mass is 10.1. The predicted octanol–water partition coefficient (Wildman–Crippen LogP) is 13.9. The lowest BCUT2D eigenvalue weighted by molar-refractivity contribution is -0.870. The molecule has 0 aliphatic rings. The molecule has 0 saturated carbocycles. The molecule has 342 valence electrons. The Kier molecular flexibility index (Phi) is 39.8. The Morgan fingerprint density at radius 3 is 1.28 bits per heavy atom. The molecule has 0 aromatic heterocycles. The van der Waals surface area contributed by atoms with Gasteiger partial charge in [0, 0.05) is 12.8 Å². The number of carbonyl (C=O) groups is 2. The van der Waals surface area contributed by atoms with Gasteiger partial charge in [0.25, 0.3) is 0 Å². The van der Waals surface area contributed by atoms with Crippen molar-refractivity contribution in [1.82, 2.24) is 0 Å². The van der Waals surface area contributed by atoms with Crippen molar-refractivity contribution in [3.05, 3.63) is 24.3 Å². The minimum Gasteiger partial charge on any atom is -0.462 e. The number of carbonyl (C=O) groups excluding carboxylic acids is 2. The van der Waals surface area contributed by atoms with Crippen LogP contribution in [0.1, 0.15) is 219 Å². The number of phosphoric acid groups is 1. The molecular formula is C48H93NO8P+. The lowest BCUT2D eigenvalue weighted by Gasteiger charge is -2.24. The number of hydrogen-bond donors (Lipinski definition) is 1. The molecule has 1 unspecified atom stereocenters. The largest absolute Gasteiger partial charge is 0.472 e. The summed E-state index contributed by atoms with van der Waals surface area (Å²) in [6, 6.07) is 0. The third-order valence-corrected chi connectivity index (χ3v) is 11.4. The van der Waals surface area contributed by atoms with Crippen molar-refractivity contribution >= 4 is 19.8 Å². The summed E-state index contributed by atoms with van der Waals surface area (Å²) in [6.45, 7) is 4.42. The van der Waals surface area contributed by atoms with Crippen molar-refractivity contribution in [3.63, 3.8) is 0 Å². The fourth-order valence-electron chi connectivity index (χ4n) is 6.65. The van der Waals surface area contributed by atoms with Gasteiger partial charge in [0.15, 0.2) is 6.10 Å². The van der Waals surface area contributed by atoms with Gasteiger partial charge in [0.05, 0.1) is 27.7 Å². The van der Waals surface area contributed by atoms with Crippen LogP contribution in [0.2, 0.25) is 0 Å². The first-order valence-electron chi connectivity index (χ1n) is 24.1. The molecule has 0 rings (SSSR count). The SMILES string of the molecule is CCCCCCCC/C=C\CCCCCCCC(=O)O[C@H](COC(=O)CCCCCCCCC/C=C\CCCCCCCCCC)COP(=O)(O)OCC[N+](C)(C)C. The van der Waals surface area contributed by atoms with E-state index in [1.54, 1.807) is 0 Å².